The Morgan fingerprint density at radius 3 is 2.88 bits per heavy atom. The van der Waals surface area contributed by atoms with Gasteiger partial charge in [-0.15, -0.1) is 21.5 Å². The van der Waals surface area contributed by atoms with Gasteiger partial charge in [0.15, 0.2) is 5.16 Å². The Bertz CT molecular complexity index is 832. The molecule has 1 aromatic carbocycles. The molecular formula is C16H15ClN4OS2. The highest BCUT2D eigenvalue weighted by atomic mass is 35.5. The van der Waals surface area contributed by atoms with Crippen molar-refractivity contribution < 1.29 is 4.79 Å². The lowest BCUT2D eigenvalue weighted by atomic mass is 10.3. The summed E-state index contributed by atoms with van der Waals surface area (Å²) in [5, 5.41) is 14.5. The summed E-state index contributed by atoms with van der Waals surface area (Å²) in [6.45, 7) is 0. The highest BCUT2D eigenvalue weighted by Gasteiger charge is 2.13. The minimum absolute atomic E-state index is 0.129. The predicted octanol–water partition coefficient (Wildman–Crippen LogP) is 3.85. The number of nitrogens with one attached hydrogen (secondary N) is 1. The predicted molar refractivity (Wildman–Crippen MR) is 98.9 cm³/mol. The largest absolute Gasteiger partial charge is 0.324 e. The van der Waals surface area contributed by atoms with E-state index >= 15 is 0 Å². The summed E-state index contributed by atoms with van der Waals surface area (Å²) in [5.74, 6) is 0.998. The van der Waals surface area contributed by atoms with Crippen LogP contribution in [0.4, 0.5) is 5.69 Å². The van der Waals surface area contributed by atoms with Crippen molar-refractivity contribution in [3.63, 3.8) is 0 Å². The van der Waals surface area contributed by atoms with E-state index in [9.17, 15) is 4.79 Å². The number of aromatic nitrogens is 3. The van der Waals surface area contributed by atoms with Crippen molar-refractivity contribution in [3.05, 3.63) is 57.5 Å². The van der Waals surface area contributed by atoms with Crippen molar-refractivity contribution in [2.45, 2.75) is 11.6 Å². The summed E-state index contributed by atoms with van der Waals surface area (Å²) in [7, 11) is 1.91. The monoisotopic (exact) mass is 378 g/mol. The third kappa shape index (κ3) is 4.17. The van der Waals surface area contributed by atoms with Gasteiger partial charge in [0.1, 0.15) is 5.82 Å². The number of carbonyl (C=O) groups excluding carboxylic acids is 1. The van der Waals surface area contributed by atoms with Crippen LogP contribution < -0.4 is 5.32 Å². The van der Waals surface area contributed by atoms with E-state index in [0.717, 1.165) is 17.4 Å². The molecule has 0 aliphatic carbocycles. The van der Waals surface area contributed by atoms with E-state index < -0.39 is 0 Å². The van der Waals surface area contributed by atoms with Gasteiger partial charge in [0.2, 0.25) is 5.91 Å². The number of hydrogen-bond donors (Lipinski definition) is 1. The molecule has 3 rings (SSSR count). The molecule has 0 aliphatic rings. The number of thiophene rings is 1. The molecular weight excluding hydrogens is 364 g/mol. The Labute approximate surface area is 153 Å². The molecule has 0 aliphatic heterocycles. The van der Waals surface area contributed by atoms with Crippen molar-refractivity contribution in [2.24, 2.45) is 7.05 Å². The number of carbonyl (C=O) groups is 1. The highest BCUT2D eigenvalue weighted by Crippen LogP contribution is 2.22. The quantitative estimate of drug-likeness (QED) is 0.662. The molecule has 1 amide bonds. The van der Waals surface area contributed by atoms with Crippen molar-refractivity contribution in [1.29, 1.82) is 0 Å². The molecule has 0 fully saturated rings. The number of hydrogen-bond acceptors (Lipinski definition) is 5. The van der Waals surface area contributed by atoms with Crippen LogP contribution >= 0.6 is 34.7 Å². The second-order valence-electron chi connectivity index (χ2n) is 5.03. The fourth-order valence-corrected chi connectivity index (χ4v) is 3.69. The third-order valence-corrected chi connectivity index (χ3v) is 5.54. The van der Waals surface area contributed by atoms with Gasteiger partial charge in [-0.05, 0) is 23.6 Å². The fourth-order valence-electron chi connectivity index (χ4n) is 2.07. The zero-order valence-electron chi connectivity index (χ0n) is 12.9. The normalized spacial score (nSPS) is 10.8. The molecule has 2 heterocycles. The molecule has 8 heteroatoms. The maximum atomic E-state index is 12.1. The number of benzene rings is 1. The van der Waals surface area contributed by atoms with Gasteiger partial charge in [-0.2, -0.15) is 0 Å². The molecule has 0 spiro atoms. The minimum Gasteiger partial charge on any atom is -0.324 e. The molecule has 124 valence electrons. The van der Waals surface area contributed by atoms with Crippen LogP contribution in [-0.4, -0.2) is 26.4 Å². The Morgan fingerprint density at radius 2 is 2.12 bits per heavy atom. The molecule has 3 aromatic rings. The standard InChI is InChI=1S/C16H15ClN4OS2/c1-21-14(9-11-5-4-8-23-11)19-20-16(21)24-10-15(22)18-13-7-3-2-6-12(13)17/h2-8H,9-10H2,1H3,(H,18,22). The first kappa shape index (κ1) is 17.0. The maximum absolute atomic E-state index is 12.1. The lowest BCUT2D eigenvalue weighted by molar-refractivity contribution is -0.113. The van der Waals surface area contributed by atoms with Gasteiger partial charge in [0.05, 0.1) is 16.5 Å². The second kappa shape index (κ2) is 7.83. The summed E-state index contributed by atoms with van der Waals surface area (Å²) in [5.41, 5.74) is 0.612. The van der Waals surface area contributed by atoms with E-state index in [0.29, 0.717) is 10.7 Å². The van der Waals surface area contributed by atoms with Gasteiger partial charge in [-0.25, -0.2) is 0 Å². The van der Waals surface area contributed by atoms with Crippen LogP contribution in [-0.2, 0) is 18.3 Å². The molecule has 0 unspecified atom stereocenters. The lowest BCUT2D eigenvalue weighted by Gasteiger charge is -2.06. The molecule has 5 nitrogen and oxygen atoms in total. The Morgan fingerprint density at radius 1 is 1.29 bits per heavy atom. The molecule has 24 heavy (non-hydrogen) atoms. The SMILES string of the molecule is Cn1c(Cc2cccs2)nnc1SCC(=O)Nc1ccccc1Cl. The average Bonchev–Trinajstić information content (AvgIpc) is 3.19. The van der Waals surface area contributed by atoms with Crippen LogP contribution in [0.2, 0.25) is 5.02 Å². The van der Waals surface area contributed by atoms with Crippen LogP contribution in [0, 0.1) is 0 Å². The molecule has 0 bridgehead atoms. The van der Waals surface area contributed by atoms with Crippen molar-refractivity contribution in [3.8, 4) is 0 Å². The molecule has 1 N–H and O–H groups in total. The van der Waals surface area contributed by atoms with Crippen LogP contribution in [0.15, 0.2) is 46.9 Å². The summed E-state index contributed by atoms with van der Waals surface area (Å²) in [4.78, 5) is 13.3. The number of rotatable bonds is 6. The van der Waals surface area contributed by atoms with Gasteiger partial charge in [0, 0.05) is 18.3 Å². The Balaban J connectivity index is 1.58. The van der Waals surface area contributed by atoms with Gasteiger partial charge in [-0.1, -0.05) is 41.6 Å². The second-order valence-corrected chi connectivity index (χ2v) is 7.41. The van der Waals surface area contributed by atoms with E-state index in [1.165, 1.54) is 16.6 Å². The molecule has 0 saturated carbocycles. The molecule has 0 radical (unpaired) electrons. The fraction of sp³-hybridized carbons (Fsp3) is 0.188. The molecule has 0 atom stereocenters. The van der Waals surface area contributed by atoms with Crippen LogP contribution in [0.5, 0.6) is 0 Å². The van der Waals surface area contributed by atoms with Crippen molar-refractivity contribution in [2.75, 3.05) is 11.1 Å². The van der Waals surface area contributed by atoms with E-state index in [-0.39, 0.29) is 11.7 Å². The van der Waals surface area contributed by atoms with Crippen LogP contribution in [0.3, 0.4) is 0 Å². The Hall–Kier alpha value is -1.83. The third-order valence-electron chi connectivity index (χ3n) is 3.32. The smallest absolute Gasteiger partial charge is 0.234 e. The van der Waals surface area contributed by atoms with Crippen molar-refractivity contribution >= 4 is 46.3 Å². The van der Waals surface area contributed by atoms with Gasteiger partial charge in [-0.3, -0.25) is 4.79 Å². The summed E-state index contributed by atoms with van der Waals surface area (Å²) in [6, 6.07) is 11.3. The summed E-state index contributed by atoms with van der Waals surface area (Å²) < 4.78 is 1.92. The number of amides is 1. The first-order chi connectivity index (χ1) is 11.6. The summed E-state index contributed by atoms with van der Waals surface area (Å²) in [6.07, 6.45) is 0.744. The minimum atomic E-state index is -0.129. The van der Waals surface area contributed by atoms with E-state index in [4.69, 9.17) is 11.6 Å². The number of anilines is 1. The lowest BCUT2D eigenvalue weighted by Crippen LogP contribution is -2.14. The number of nitrogens with zero attached hydrogens (tertiary/aromatic N) is 3. The number of halogens is 1. The molecule has 2 aromatic heterocycles. The van der Waals surface area contributed by atoms with E-state index in [2.05, 4.69) is 21.6 Å². The Kier molecular flexibility index (Phi) is 5.55. The summed E-state index contributed by atoms with van der Waals surface area (Å²) >= 11 is 9.08. The van der Waals surface area contributed by atoms with Crippen LogP contribution in [0.25, 0.3) is 0 Å². The topological polar surface area (TPSA) is 59.8 Å². The zero-order valence-corrected chi connectivity index (χ0v) is 15.3. The van der Waals surface area contributed by atoms with Crippen LogP contribution in [0.1, 0.15) is 10.7 Å². The zero-order chi connectivity index (χ0) is 16.9. The van der Waals surface area contributed by atoms with Crippen molar-refractivity contribution in [1.82, 2.24) is 14.8 Å². The molecule has 0 saturated heterocycles. The van der Waals surface area contributed by atoms with E-state index in [1.54, 1.807) is 23.5 Å². The first-order valence-electron chi connectivity index (χ1n) is 7.21. The average molecular weight is 379 g/mol. The van der Waals surface area contributed by atoms with Gasteiger partial charge >= 0.3 is 0 Å². The number of thioether (sulfide) groups is 1. The van der Waals surface area contributed by atoms with Gasteiger partial charge in [0.25, 0.3) is 0 Å². The van der Waals surface area contributed by atoms with Gasteiger partial charge < -0.3 is 9.88 Å². The first-order valence-corrected chi connectivity index (χ1v) is 9.45. The highest BCUT2D eigenvalue weighted by molar-refractivity contribution is 7.99. The van der Waals surface area contributed by atoms with E-state index in [1.807, 2.05) is 35.2 Å². The maximum Gasteiger partial charge on any atom is 0.234 e. The number of para-hydroxylation sites is 1.